The number of imide groups is 1. The SMILES string of the molecule is CCn1cnnc1-c1cccc(N2Cc3c(cc(N4CCC[C@H]4C)nc3CN(C)CCCCCN3CCN(c4ccc5c(c4)C(=O)N(C4CCC(=O)CCCC4=O)C5=O)CC3)C2=O)n1. The van der Waals surface area contributed by atoms with Gasteiger partial charge in [0.1, 0.15) is 29.4 Å². The molecule has 16 heteroatoms. The highest BCUT2D eigenvalue weighted by molar-refractivity contribution is 6.23. The lowest BCUT2D eigenvalue weighted by Crippen LogP contribution is -2.46. The van der Waals surface area contributed by atoms with Crippen molar-refractivity contribution >= 4 is 46.6 Å². The van der Waals surface area contributed by atoms with Gasteiger partial charge < -0.3 is 19.3 Å². The molecule has 2 atom stereocenters. The Labute approximate surface area is 374 Å². The number of rotatable bonds is 14. The minimum absolute atomic E-state index is 0.0540. The Morgan fingerprint density at radius 3 is 2.41 bits per heavy atom. The van der Waals surface area contributed by atoms with Crippen LogP contribution >= 0.6 is 0 Å². The number of nitrogens with zero attached hydrogens (tertiary/aromatic N) is 11. The molecule has 64 heavy (non-hydrogen) atoms. The van der Waals surface area contributed by atoms with Crippen LogP contribution in [-0.4, -0.2) is 134 Å². The van der Waals surface area contributed by atoms with Crippen molar-refractivity contribution < 1.29 is 24.0 Å². The van der Waals surface area contributed by atoms with E-state index in [0.717, 1.165) is 106 Å². The Bertz CT molecular complexity index is 2440. The first-order valence-corrected chi connectivity index (χ1v) is 23.3. The van der Waals surface area contributed by atoms with E-state index in [2.05, 4.69) is 43.8 Å². The number of hydrogen-bond donors (Lipinski definition) is 0. The Hall–Kier alpha value is -5.87. The summed E-state index contributed by atoms with van der Waals surface area (Å²) in [5.41, 5.74) is 4.88. The van der Waals surface area contributed by atoms with Gasteiger partial charge in [0.25, 0.3) is 17.7 Å². The van der Waals surface area contributed by atoms with Crippen molar-refractivity contribution in [2.24, 2.45) is 0 Å². The van der Waals surface area contributed by atoms with Crippen LogP contribution in [0.15, 0.2) is 48.8 Å². The number of aryl methyl sites for hydroxylation is 1. The lowest BCUT2D eigenvalue weighted by molar-refractivity contribution is -0.125. The van der Waals surface area contributed by atoms with Gasteiger partial charge in [0.05, 0.1) is 35.0 Å². The summed E-state index contributed by atoms with van der Waals surface area (Å²) in [5, 5.41) is 8.36. The zero-order valence-corrected chi connectivity index (χ0v) is 37.4. The van der Waals surface area contributed by atoms with Crippen LogP contribution in [0.5, 0.6) is 0 Å². The van der Waals surface area contributed by atoms with Crippen LogP contribution in [0.1, 0.15) is 120 Å². The molecule has 4 aliphatic heterocycles. The predicted octanol–water partition coefficient (Wildman–Crippen LogP) is 5.40. The number of anilines is 3. The summed E-state index contributed by atoms with van der Waals surface area (Å²) in [6, 6.07) is 12.6. The molecule has 1 unspecified atom stereocenters. The highest BCUT2D eigenvalue weighted by Gasteiger charge is 2.43. The zero-order chi connectivity index (χ0) is 44.5. The third-order valence-corrected chi connectivity index (χ3v) is 13.9. The van der Waals surface area contributed by atoms with E-state index < -0.39 is 17.9 Å². The zero-order valence-electron chi connectivity index (χ0n) is 37.4. The fourth-order valence-electron chi connectivity index (χ4n) is 10.1. The fourth-order valence-corrected chi connectivity index (χ4v) is 10.1. The van der Waals surface area contributed by atoms with E-state index >= 15 is 0 Å². The Morgan fingerprint density at radius 2 is 1.61 bits per heavy atom. The van der Waals surface area contributed by atoms with Crippen molar-refractivity contribution in [3.8, 4) is 11.5 Å². The summed E-state index contributed by atoms with van der Waals surface area (Å²) in [6.45, 7) is 12.3. The molecular formula is C48H59N11O5. The molecule has 0 radical (unpaired) electrons. The highest BCUT2D eigenvalue weighted by atomic mass is 16.2. The maximum absolute atomic E-state index is 14.2. The molecule has 1 aliphatic carbocycles. The maximum atomic E-state index is 14.2. The quantitative estimate of drug-likeness (QED) is 0.117. The molecule has 3 aromatic heterocycles. The van der Waals surface area contributed by atoms with E-state index in [9.17, 15) is 24.0 Å². The van der Waals surface area contributed by atoms with Gasteiger partial charge in [-0.15, -0.1) is 10.2 Å². The molecule has 3 amide bonds. The Balaban J connectivity index is 0.772. The van der Waals surface area contributed by atoms with Gasteiger partial charge in [0, 0.05) is 82.4 Å². The van der Waals surface area contributed by atoms with Crippen LogP contribution in [0.3, 0.4) is 0 Å². The van der Waals surface area contributed by atoms with E-state index in [4.69, 9.17) is 9.97 Å². The maximum Gasteiger partial charge on any atom is 0.262 e. The molecular weight excluding hydrogens is 811 g/mol. The minimum Gasteiger partial charge on any atom is -0.369 e. The topological polar surface area (TPSA) is 161 Å². The predicted molar refractivity (Wildman–Crippen MR) is 242 cm³/mol. The first-order valence-electron chi connectivity index (χ1n) is 23.3. The molecule has 9 rings (SSSR count). The second-order valence-electron chi connectivity index (χ2n) is 18.1. The molecule has 7 heterocycles. The van der Waals surface area contributed by atoms with Crippen LogP contribution in [0.2, 0.25) is 0 Å². The number of Topliss-reactive ketones (excluding diaryl/α,β-unsaturated/α-hetero) is 2. The van der Waals surface area contributed by atoms with E-state index in [0.29, 0.717) is 72.5 Å². The van der Waals surface area contributed by atoms with Gasteiger partial charge in [-0.2, -0.15) is 0 Å². The summed E-state index contributed by atoms with van der Waals surface area (Å²) in [7, 11) is 2.14. The van der Waals surface area contributed by atoms with Crippen LogP contribution in [0.4, 0.5) is 17.3 Å². The number of carbonyl (C=O) groups is 5. The van der Waals surface area contributed by atoms with Gasteiger partial charge >= 0.3 is 0 Å². The number of pyridine rings is 2. The van der Waals surface area contributed by atoms with Crippen molar-refractivity contribution in [2.45, 2.75) is 110 Å². The van der Waals surface area contributed by atoms with Gasteiger partial charge in [-0.3, -0.25) is 38.7 Å². The van der Waals surface area contributed by atoms with E-state index in [-0.39, 0.29) is 36.7 Å². The fraction of sp³-hybridized carbons (Fsp3) is 0.521. The molecule has 1 saturated carbocycles. The first-order chi connectivity index (χ1) is 31.1. The molecule has 336 valence electrons. The molecule has 0 spiro atoms. The lowest BCUT2D eigenvalue weighted by Gasteiger charge is -2.36. The number of carbonyl (C=O) groups excluding carboxylic acids is 5. The van der Waals surface area contributed by atoms with Gasteiger partial charge in [-0.1, -0.05) is 12.5 Å². The number of fused-ring (bicyclic) bond motifs is 2. The van der Waals surface area contributed by atoms with Gasteiger partial charge in [0.15, 0.2) is 11.6 Å². The third kappa shape index (κ3) is 8.69. The van der Waals surface area contributed by atoms with Crippen LogP contribution in [-0.2, 0) is 29.2 Å². The van der Waals surface area contributed by atoms with Crippen molar-refractivity contribution in [3.63, 3.8) is 0 Å². The van der Waals surface area contributed by atoms with Crippen molar-refractivity contribution in [2.75, 3.05) is 67.6 Å². The highest BCUT2D eigenvalue weighted by Crippen LogP contribution is 2.36. The average molecular weight is 870 g/mol. The molecule has 16 nitrogen and oxygen atoms in total. The second kappa shape index (κ2) is 18.7. The van der Waals surface area contributed by atoms with Gasteiger partial charge in [-0.05, 0) is 109 Å². The number of amides is 3. The summed E-state index contributed by atoms with van der Waals surface area (Å²) in [6.07, 6.45) is 8.59. The largest absolute Gasteiger partial charge is 0.369 e. The standard InChI is InChI=1S/C48H59N11O5/c1-4-55-31-49-52-45(55)39-13-9-15-43(50-39)58-29-38-37(46(58)62)28-44(57-22-10-11-32(57)2)51-40(38)30-53(3)20-6-5-7-21-54-23-25-56(26-24-54)33-16-18-35-36(27-33)48(64)59(47(35)63)41-19-17-34(60)12-8-14-42(41)61/h9,13,15-16,18,27-28,31-32,41H,4-8,10-12,14,17,19-26,29-30H2,1-3H3/t32-,41?/m1/s1. The lowest BCUT2D eigenvalue weighted by atomic mass is 9.94. The molecule has 5 aliphatic rings. The van der Waals surface area contributed by atoms with E-state index in [1.807, 2.05) is 41.8 Å². The second-order valence-corrected chi connectivity index (χ2v) is 18.1. The van der Waals surface area contributed by atoms with Crippen molar-refractivity contribution in [3.05, 3.63) is 76.7 Å². The number of piperazine rings is 1. The number of ketones is 2. The van der Waals surface area contributed by atoms with Crippen LogP contribution in [0.25, 0.3) is 11.5 Å². The minimum atomic E-state index is -0.879. The van der Waals surface area contributed by atoms with E-state index in [1.54, 1.807) is 23.4 Å². The summed E-state index contributed by atoms with van der Waals surface area (Å²) in [5.74, 6) is 1.14. The van der Waals surface area contributed by atoms with Crippen molar-refractivity contribution in [1.82, 2.24) is 39.4 Å². The summed E-state index contributed by atoms with van der Waals surface area (Å²) in [4.78, 5) is 88.7. The summed E-state index contributed by atoms with van der Waals surface area (Å²) < 4.78 is 1.94. The number of benzene rings is 1. The Kier molecular flexibility index (Phi) is 12.7. The van der Waals surface area contributed by atoms with Crippen LogP contribution < -0.4 is 14.7 Å². The van der Waals surface area contributed by atoms with E-state index in [1.165, 1.54) is 0 Å². The van der Waals surface area contributed by atoms with Gasteiger partial charge in [0.2, 0.25) is 0 Å². The van der Waals surface area contributed by atoms with Gasteiger partial charge in [-0.25, -0.2) is 9.97 Å². The molecule has 1 aromatic carbocycles. The molecule has 2 saturated heterocycles. The normalized spacial score (nSPS) is 20.8. The molecule has 0 N–H and O–H groups in total. The molecule has 4 aromatic rings. The first kappa shape index (κ1) is 43.4. The molecule has 3 fully saturated rings. The summed E-state index contributed by atoms with van der Waals surface area (Å²) >= 11 is 0. The van der Waals surface area contributed by atoms with Crippen LogP contribution in [0, 0.1) is 0 Å². The monoisotopic (exact) mass is 869 g/mol. The number of hydrogen-bond acceptors (Lipinski definition) is 13. The number of aromatic nitrogens is 5. The van der Waals surface area contributed by atoms with Crippen molar-refractivity contribution in [1.29, 1.82) is 0 Å². The average Bonchev–Trinajstić information content (AvgIpc) is 4.09. The third-order valence-electron chi connectivity index (χ3n) is 13.9. The smallest absolute Gasteiger partial charge is 0.262 e. The Morgan fingerprint density at radius 1 is 0.781 bits per heavy atom. The molecule has 0 bridgehead atoms. The number of unbranched alkanes of at least 4 members (excludes halogenated alkanes) is 2.